The predicted molar refractivity (Wildman–Crippen MR) is 121 cm³/mol. The summed E-state index contributed by atoms with van der Waals surface area (Å²) in [5, 5.41) is 11.4. The highest BCUT2D eigenvalue weighted by Gasteiger charge is 2.51. The van der Waals surface area contributed by atoms with Crippen LogP contribution in [0.25, 0.3) is 0 Å². The largest absolute Gasteiger partial charge is 0.411 e. The smallest absolute Gasteiger partial charge is 0.330 e. The quantitative estimate of drug-likeness (QED) is 0.481. The van der Waals surface area contributed by atoms with Gasteiger partial charge in [0.05, 0.1) is 6.10 Å². The van der Waals surface area contributed by atoms with Gasteiger partial charge in [-0.25, -0.2) is 4.79 Å². The van der Waals surface area contributed by atoms with E-state index in [1.807, 2.05) is 0 Å². The van der Waals surface area contributed by atoms with E-state index in [0.717, 1.165) is 0 Å². The monoisotopic (exact) mass is 436 g/mol. The molecule has 30 heavy (non-hydrogen) atoms. The minimum atomic E-state index is -2.19. The van der Waals surface area contributed by atoms with Gasteiger partial charge in [-0.3, -0.25) is 14.3 Å². The summed E-state index contributed by atoms with van der Waals surface area (Å²) in [4.78, 5) is 26.5. The van der Waals surface area contributed by atoms with Crippen LogP contribution < -0.4 is 11.2 Å². The lowest BCUT2D eigenvalue weighted by molar-refractivity contribution is -0.136. The number of rotatable bonds is 8. The minimum Gasteiger partial charge on any atom is -0.411 e. The highest BCUT2D eigenvalue weighted by atomic mass is 28.4. The molecule has 7 nitrogen and oxygen atoms in total. The van der Waals surface area contributed by atoms with E-state index >= 15 is 0 Å². The van der Waals surface area contributed by atoms with Crippen molar-refractivity contribution in [1.29, 1.82) is 0 Å². The van der Waals surface area contributed by atoms with Crippen LogP contribution in [-0.4, -0.2) is 40.8 Å². The Morgan fingerprint density at radius 1 is 1.30 bits per heavy atom. The first-order valence-corrected chi connectivity index (χ1v) is 13.3. The molecule has 1 aromatic heterocycles. The number of hydrogen-bond donors (Lipinski definition) is 2. The lowest BCUT2D eigenvalue weighted by atomic mass is 9.86. The van der Waals surface area contributed by atoms with Crippen molar-refractivity contribution in [3.8, 4) is 0 Å². The molecular formula is C22H36N2O5Si. The van der Waals surface area contributed by atoms with Gasteiger partial charge in [-0.15, -0.1) is 13.2 Å². The zero-order valence-corrected chi connectivity index (χ0v) is 20.0. The van der Waals surface area contributed by atoms with Gasteiger partial charge in [-0.1, -0.05) is 32.9 Å². The molecule has 0 radical (unpaired) electrons. The molecule has 0 unspecified atom stereocenters. The maximum absolute atomic E-state index is 12.4. The molecule has 1 aromatic rings. The molecule has 2 heterocycles. The number of nitrogens with zero attached hydrogens (tertiary/aromatic N) is 1. The van der Waals surface area contributed by atoms with E-state index in [4.69, 9.17) is 9.16 Å². The molecule has 0 aliphatic carbocycles. The van der Waals surface area contributed by atoms with Crippen LogP contribution in [-0.2, 0) is 9.16 Å². The van der Waals surface area contributed by atoms with E-state index in [-0.39, 0.29) is 5.04 Å². The molecule has 168 valence electrons. The van der Waals surface area contributed by atoms with Gasteiger partial charge >= 0.3 is 5.69 Å². The molecule has 2 rings (SSSR count). The second-order valence-electron chi connectivity index (χ2n) is 9.73. The summed E-state index contributed by atoms with van der Waals surface area (Å²) < 4.78 is 14.3. The van der Waals surface area contributed by atoms with E-state index < -0.39 is 43.6 Å². The van der Waals surface area contributed by atoms with Crippen LogP contribution in [0.5, 0.6) is 0 Å². The molecule has 0 spiro atoms. The maximum Gasteiger partial charge on any atom is 0.330 e. The van der Waals surface area contributed by atoms with Crippen LogP contribution in [0.1, 0.15) is 51.8 Å². The fraction of sp³-hybridized carbons (Fsp3) is 0.636. The zero-order valence-electron chi connectivity index (χ0n) is 19.0. The first-order valence-electron chi connectivity index (χ1n) is 10.4. The summed E-state index contributed by atoms with van der Waals surface area (Å²) in [6.07, 6.45) is 4.04. The number of aromatic nitrogens is 2. The molecule has 3 atom stereocenters. The Balaban J connectivity index is 2.49. The molecule has 0 saturated carbocycles. The Bertz CT molecular complexity index is 886. The third-order valence-corrected chi connectivity index (χ3v) is 10.8. The van der Waals surface area contributed by atoms with Gasteiger partial charge in [0.25, 0.3) is 5.56 Å². The van der Waals surface area contributed by atoms with E-state index in [9.17, 15) is 14.7 Å². The van der Waals surface area contributed by atoms with Crippen molar-refractivity contribution in [1.82, 2.24) is 9.55 Å². The molecule has 1 aliphatic rings. The number of aryl methyl sites for hydroxylation is 1. The van der Waals surface area contributed by atoms with Crippen LogP contribution in [0.4, 0.5) is 0 Å². The number of aliphatic hydroxyl groups is 1. The van der Waals surface area contributed by atoms with Crippen molar-refractivity contribution in [2.45, 2.75) is 89.1 Å². The maximum atomic E-state index is 12.4. The van der Waals surface area contributed by atoms with Gasteiger partial charge in [0, 0.05) is 18.2 Å². The lowest BCUT2D eigenvalue weighted by Crippen LogP contribution is -2.52. The Hall–Kier alpha value is -1.74. The van der Waals surface area contributed by atoms with Crippen LogP contribution in [0.15, 0.2) is 41.1 Å². The average molecular weight is 437 g/mol. The normalized spacial score (nSPS) is 22.8. The molecular weight excluding hydrogens is 400 g/mol. The lowest BCUT2D eigenvalue weighted by Gasteiger charge is -2.42. The number of hydrogen-bond acceptors (Lipinski definition) is 5. The van der Waals surface area contributed by atoms with Gasteiger partial charge in [-0.2, -0.15) is 0 Å². The van der Waals surface area contributed by atoms with Crippen molar-refractivity contribution in [2.75, 3.05) is 0 Å². The third kappa shape index (κ3) is 4.94. The first kappa shape index (κ1) is 24.5. The second kappa shape index (κ2) is 8.78. The van der Waals surface area contributed by atoms with Crippen molar-refractivity contribution in [3.63, 3.8) is 0 Å². The minimum absolute atomic E-state index is 0.0317. The van der Waals surface area contributed by atoms with Crippen molar-refractivity contribution >= 4 is 8.32 Å². The number of H-pyrrole nitrogens is 1. The van der Waals surface area contributed by atoms with Gasteiger partial charge in [0.15, 0.2) is 8.32 Å². The molecule has 0 amide bonds. The Morgan fingerprint density at radius 2 is 1.87 bits per heavy atom. The molecule has 2 N–H and O–H groups in total. The molecule has 0 bridgehead atoms. The average Bonchev–Trinajstić information content (AvgIpc) is 3.01. The first-order chi connectivity index (χ1) is 13.8. The van der Waals surface area contributed by atoms with Crippen LogP contribution in [0.3, 0.4) is 0 Å². The summed E-state index contributed by atoms with van der Waals surface area (Å²) in [7, 11) is -2.19. The fourth-order valence-electron chi connectivity index (χ4n) is 3.57. The van der Waals surface area contributed by atoms with Gasteiger partial charge in [-0.05, 0) is 37.9 Å². The Labute approximate surface area is 179 Å². The van der Waals surface area contributed by atoms with Gasteiger partial charge < -0.3 is 14.3 Å². The number of ether oxygens (including phenoxy) is 1. The van der Waals surface area contributed by atoms with Gasteiger partial charge in [0.1, 0.15) is 17.9 Å². The zero-order chi connectivity index (χ0) is 22.9. The van der Waals surface area contributed by atoms with E-state index in [1.165, 1.54) is 10.8 Å². The topological polar surface area (TPSA) is 93.5 Å². The molecule has 1 fully saturated rings. The summed E-state index contributed by atoms with van der Waals surface area (Å²) in [5.41, 5.74) is -1.81. The van der Waals surface area contributed by atoms with Gasteiger partial charge in [0.2, 0.25) is 0 Å². The summed E-state index contributed by atoms with van der Waals surface area (Å²) >= 11 is 0. The molecule has 8 heteroatoms. The Morgan fingerprint density at radius 3 is 2.37 bits per heavy atom. The third-order valence-electron chi connectivity index (χ3n) is 6.31. The highest BCUT2D eigenvalue weighted by molar-refractivity contribution is 6.74. The van der Waals surface area contributed by atoms with Crippen molar-refractivity contribution in [2.24, 2.45) is 0 Å². The van der Waals surface area contributed by atoms with E-state index in [1.54, 1.807) is 19.1 Å². The van der Waals surface area contributed by atoms with Crippen LogP contribution >= 0.6 is 0 Å². The van der Waals surface area contributed by atoms with E-state index in [0.29, 0.717) is 24.8 Å². The number of nitrogens with one attached hydrogen (secondary N) is 1. The number of aromatic amines is 1. The summed E-state index contributed by atoms with van der Waals surface area (Å²) in [6.45, 7) is 19.9. The standard InChI is InChI=1S/C22H36N2O5Si/c1-9-11-22(27,12-10-2)18-16(29-30(7,8)21(4,5)6)13-17(28-18)24-14-15(3)19(25)23-20(24)26/h9-10,14,16-18,27H,1-2,11-13H2,3-8H3,(H,23,25,26)/t16-,17-,18+/m1/s1. The SMILES string of the molecule is C=CCC(O)(CC=C)[C@H]1O[C@@H](n2cc(C)c(=O)[nH]c2=O)C[C@H]1O[Si](C)(C)C(C)(C)C. The fourth-order valence-corrected chi connectivity index (χ4v) is 4.90. The van der Waals surface area contributed by atoms with Crippen LogP contribution in [0, 0.1) is 6.92 Å². The Kier molecular flexibility index (Phi) is 7.18. The summed E-state index contributed by atoms with van der Waals surface area (Å²) in [6, 6.07) is 0. The highest BCUT2D eigenvalue weighted by Crippen LogP contribution is 2.44. The predicted octanol–water partition coefficient (Wildman–Crippen LogP) is 3.41. The molecule has 0 aromatic carbocycles. The molecule has 1 aliphatic heterocycles. The summed E-state index contributed by atoms with van der Waals surface area (Å²) in [5.74, 6) is 0. The molecule has 1 saturated heterocycles. The van der Waals surface area contributed by atoms with Crippen LogP contribution in [0.2, 0.25) is 18.1 Å². The van der Waals surface area contributed by atoms with E-state index in [2.05, 4.69) is 52.0 Å². The van der Waals surface area contributed by atoms with Crippen molar-refractivity contribution in [3.05, 3.63) is 57.9 Å². The van der Waals surface area contributed by atoms with Crippen molar-refractivity contribution < 1.29 is 14.3 Å². The second-order valence-corrected chi connectivity index (χ2v) is 14.5.